The van der Waals surface area contributed by atoms with Gasteiger partial charge in [0.25, 0.3) is 5.91 Å². The molecule has 0 spiro atoms. The van der Waals surface area contributed by atoms with Crippen LogP contribution in [0.25, 0.3) is 0 Å². The highest BCUT2D eigenvalue weighted by atomic mass is 19.1. The summed E-state index contributed by atoms with van der Waals surface area (Å²) >= 11 is 0. The molecule has 0 aliphatic heterocycles. The van der Waals surface area contributed by atoms with Crippen LogP contribution in [-0.4, -0.2) is 11.9 Å². The quantitative estimate of drug-likeness (QED) is 0.824. The van der Waals surface area contributed by atoms with Crippen molar-refractivity contribution >= 4 is 5.91 Å². The molecule has 0 atom stereocenters. The molecule has 1 aliphatic rings. The van der Waals surface area contributed by atoms with Crippen LogP contribution in [0.3, 0.4) is 0 Å². The van der Waals surface area contributed by atoms with E-state index in [-0.39, 0.29) is 24.4 Å². The molecular formula is C19H22FNO3. The average molecular weight is 331 g/mol. The summed E-state index contributed by atoms with van der Waals surface area (Å²) in [5.41, 5.74) is 0. The predicted molar refractivity (Wildman–Crippen MR) is 88.4 cm³/mol. The molecule has 0 unspecified atom stereocenters. The number of ether oxygens (including phenoxy) is 1. The molecule has 2 aromatic rings. The van der Waals surface area contributed by atoms with Crippen molar-refractivity contribution in [2.75, 3.05) is 0 Å². The van der Waals surface area contributed by atoms with Crippen LogP contribution in [0.1, 0.15) is 54.8 Å². The van der Waals surface area contributed by atoms with E-state index in [1.807, 2.05) is 0 Å². The second kappa shape index (κ2) is 7.99. The van der Waals surface area contributed by atoms with Crippen molar-refractivity contribution in [3.8, 4) is 5.75 Å². The third kappa shape index (κ3) is 4.60. The molecule has 1 fully saturated rings. The fourth-order valence-corrected chi connectivity index (χ4v) is 2.94. The average Bonchev–Trinajstić information content (AvgIpc) is 2.92. The number of carbonyl (C=O) groups is 1. The smallest absolute Gasteiger partial charge is 0.287 e. The Morgan fingerprint density at radius 1 is 1.08 bits per heavy atom. The van der Waals surface area contributed by atoms with Gasteiger partial charge in [0.15, 0.2) is 5.76 Å². The van der Waals surface area contributed by atoms with Crippen molar-refractivity contribution in [2.24, 2.45) is 0 Å². The molecule has 1 aliphatic carbocycles. The minimum Gasteiger partial charge on any atom is -0.486 e. The Kier molecular flexibility index (Phi) is 5.51. The minimum absolute atomic E-state index is 0.171. The van der Waals surface area contributed by atoms with E-state index >= 15 is 0 Å². The molecule has 24 heavy (non-hydrogen) atoms. The maximum atomic E-state index is 12.8. The lowest BCUT2D eigenvalue weighted by Gasteiger charge is -2.14. The second-order valence-electron chi connectivity index (χ2n) is 6.17. The van der Waals surface area contributed by atoms with Crippen LogP contribution in [0.2, 0.25) is 0 Å². The number of amides is 1. The highest BCUT2D eigenvalue weighted by Crippen LogP contribution is 2.19. The molecule has 0 bridgehead atoms. The van der Waals surface area contributed by atoms with Gasteiger partial charge < -0.3 is 14.5 Å². The van der Waals surface area contributed by atoms with E-state index < -0.39 is 0 Å². The highest BCUT2D eigenvalue weighted by molar-refractivity contribution is 5.91. The third-order valence-corrected chi connectivity index (χ3v) is 4.27. The van der Waals surface area contributed by atoms with Crippen LogP contribution in [-0.2, 0) is 6.61 Å². The molecule has 4 nitrogen and oxygen atoms in total. The molecule has 1 heterocycles. The highest BCUT2D eigenvalue weighted by Gasteiger charge is 2.18. The number of benzene rings is 1. The zero-order chi connectivity index (χ0) is 16.8. The van der Waals surface area contributed by atoms with Crippen molar-refractivity contribution in [2.45, 2.75) is 51.2 Å². The first kappa shape index (κ1) is 16.6. The Morgan fingerprint density at radius 2 is 1.79 bits per heavy atom. The van der Waals surface area contributed by atoms with E-state index in [9.17, 15) is 9.18 Å². The van der Waals surface area contributed by atoms with E-state index in [4.69, 9.17) is 9.15 Å². The molecule has 3 rings (SSSR count). The standard InChI is InChI=1S/C19H22FNO3/c20-14-7-9-16(10-8-14)23-13-17-11-12-18(24-17)19(22)21-15-5-3-1-2-4-6-15/h7-12,15H,1-6,13H2,(H,21,22). The molecule has 1 aromatic carbocycles. The van der Waals surface area contributed by atoms with E-state index in [0.29, 0.717) is 17.3 Å². The van der Waals surface area contributed by atoms with Gasteiger partial charge in [0.2, 0.25) is 0 Å². The van der Waals surface area contributed by atoms with Gasteiger partial charge in [0, 0.05) is 6.04 Å². The fraction of sp³-hybridized carbons (Fsp3) is 0.421. The molecule has 1 saturated carbocycles. The summed E-state index contributed by atoms with van der Waals surface area (Å²) in [4.78, 5) is 12.3. The van der Waals surface area contributed by atoms with Gasteiger partial charge in [-0.15, -0.1) is 0 Å². The number of nitrogens with one attached hydrogen (secondary N) is 1. The minimum atomic E-state index is -0.308. The van der Waals surface area contributed by atoms with Gasteiger partial charge >= 0.3 is 0 Å². The van der Waals surface area contributed by atoms with Crippen molar-refractivity contribution < 1.29 is 18.3 Å². The van der Waals surface area contributed by atoms with Gasteiger partial charge in [-0.1, -0.05) is 25.7 Å². The molecule has 128 valence electrons. The number of carbonyl (C=O) groups excluding carboxylic acids is 1. The number of hydrogen-bond donors (Lipinski definition) is 1. The lowest BCUT2D eigenvalue weighted by atomic mass is 10.1. The van der Waals surface area contributed by atoms with Gasteiger partial charge in [0.1, 0.15) is 23.9 Å². The number of rotatable bonds is 5. The number of hydrogen-bond acceptors (Lipinski definition) is 3. The summed E-state index contributed by atoms with van der Waals surface area (Å²) < 4.78 is 23.9. The third-order valence-electron chi connectivity index (χ3n) is 4.27. The van der Waals surface area contributed by atoms with Crippen LogP contribution in [0.5, 0.6) is 5.75 Å². The van der Waals surface area contributed by atoms with E-state index in [1.165, 1.54) is 37.8 Å². The van der Waals surface area contributed by atoms with Crippen molar-refractivity contribution in [3.63, 3.8) is 0 Å². The lowest BCUT2D eigenvalue weighted by Crippen LogP contribution is -2.34. The van der Waals surface area contributed by atoms with E-state index in [1.54, 1.807) is 24.3 Å². The van der Waals surface area contributed by atoms with Crippen LogP contribution < -0.4 is 10.1 Å². The van der Waals surface area contributed by atoms with Crippen LogP contribution in [0.15, 0.2) is 40.8 Å². The van der Waals surface area contributed by atoms with Gasteiger partial charge in [-0.2, -0.15) is 0 Å². The normalized spacial score (nSPS) is 15.7. The zero-order valence-electron chi connectivity index (χ0n) is 13.6. The van der Waals surface area contributed by atoms with Crippen molar-refractivity contribution in [1.29, 1.82) is 0 Å². The zero-order valence-corrected chi connectivity index (χ0v) is 13.6. The Bertz CT molecular complexity index is 658. The summed E-state index contributed by atoms with van der Waals surface area (Å²) in [5.74, 6) is 0.937. The van der Waals surface area contributed by atoms with Crippen LogP contribution in [0, 0.1) is 5.82 Å². The molecule has 5 heteroatoms. The van der Waals surface area contributed by atoms with Gasteiger partial charge in [-0.25, -0.2) is 4.39 Å². The Labute approximate surface area is 141 Å². The van der Waals surface area contributed by atoms with Gasteiger partial charge in [-0.3, -0.25) is 4.79 Å². The molecule has 1 amide bonds. The molecule has 0 saturated heterocycles. The maximum Gasteiger partial charge on any atom is 0.287 e. The molecule has 1 aromatic heterocycles. The van der Waals surface area contributed by atoms with Crippen molar-refractivity contribution in [1.82, 2.24) is 5.32 Å². The van der Waals surface area contributed by atoms with Gasteiger partial charge in [-0.05, 0) is 49.2 Å². The summed E-state index contributed by atoms with van der Waals surface area (Å²) in [5, 5.41) is 3.05. The first-order chi connectivity index (χ1) is 11.7. The predicted octanol–water partition coefficient (Wildman–Crippen LogP) is 4.45. The molecular weight excluding hydrogens is 309 g/mol. The largest absolute Gasteiger partial charge is 0.486 e. The monoisotopic (exact) mass is 331 g/mol. The number of halogens is 1. The van der Waals surface area contributed by atoms with Gasteiger partial charge in [0.05, 0.1) is 0 Å². The fourth-order valence-electron chi connectivity index (χ4n) is 2.94. The Hall–Kier alpha value is -2.30. The SMILES string of the molecule is O=C(NC1CCCCCC1)c1ccc(COc2ccc(F)cc2)o1. The van der Waals surface area contributed by atoms with E-state index in [2.05, 4.69) is 5.32 Å². The lowest BCUT2D eigenvalue weighted by molar-refractivity contribution is 0.0901. The summed E-state index contributed by atoms with van der Waals surface area (Å²) in [7, 11) is 0. The molecule has 1 N–H and O–H groups in total. The first-order valence-electron chi connectivity index (χ1n) is 8.48. The van der Waals surface area contributed by atoms with Crippen LogP contribution >= 0.6 is 0 Å². The molecule has 0 radical (unpaired) electrons. The first-order valence-corrected chi connectivity index (χ1v) is 8.48. The Morgan fingerprint density at radius 3 is 2.50 bits per heavy atom. The number of furan rings is 1. The van der Waals surface area contributed by atoms with Crippen molar-refractivity contribution in [3.05, 3.63) is 53.7 Å². The Balaban J connectivity index is 1.52. The summed E-state index contributed by atoms with van der Waals surface area (Å²) in [6.45, 7) is 0.197. The van der Waals surface area contributed by atoms with E-state index in [0.717, 1.165) is 12.8 Å². The summed E-state index contributed by atoms with van der Waals surface area (Å²) in [6.07, 6.45) is 6.90. The topological polar surface area (TPSA) is 51.5 Å². The van der Waals surface area contributed by atoms with Crippen LogP contribution in [0.4, 0.5) is 4.39 Å². The summed E-state index contributed by atoms with van der Waals surface area (Å²) in [6, 6.07) is 9.41. The maximum absolute atomic E-state index is 12.8. The second-order valence-corrected chi connectivity index (χ2v) is 6.17.